The van der Waals surface area contributed by atoms with Crippen LogP contribution in [0, 0.1) is 5.92 Å². The fourth-order valence-corrected chi connectivity index (χ4v) is 5.79. The minimum absolute atomic E-state index is 0.169. The van der Waals surface area contributed by atoms with Crippen molar-refractivity contribution in [1.82, 2.24) is 0 Å². The van der Waals surface area contributed by atoms with Gasteiger partial charge in [-0.1, -0.05) is 36.4 Å². The van der Waals surface area contributed by atoms with Crippen molar-refractivity contribution < 1.29 is 23.5 Å². The van der Waals surface area contributed by atoms with E-state index in [4.69, 9.17) is 0 Å². The molecule has 1 heterocycles. The molecule has 144 valence electrons. The van der Waals surface area contributed by atoms with E-state index >= 15 is 0 Å². The molecule has 0 aromatic heterocycles. The molecular weight excluding hydrogens is 400 g/mol. The summed E-state index contributed by atoms with van der Waals surface area (Å²) >= 11 is 1.32. The van der Waals surface area contributed by atoms with Crippen molar-refractivity contribution in [3.8, 4) is 0 Å². The third kappa shape index (κ3) is 3.71. The van der Waals surface area contributed by atoms with Crippen LogP contribution in [0.25, 0.3) is 10.8 Å². The molecule has 0 saturated heterocycles. The Morgan fingerprint density at radius 3 is 2.68 bits per heavy atom. The molecule has 8 heteroatoms. The number of rotatable bonds is 4. The Balaban J connectivity index is 1.63. The number of nitrogens with one attached hydrogen (secondary N) is 1. The van der Waals surface area contributed by atoms with E-state index < -0.39 is 30.9 Å². The highest BCUT2D eigenvalue weighted by Crippen LogP contribution is 2.53. The smallest absolute Gasteiger partial charge is 0.325 e. The molecule has 5 nitrogen and oxygen atoms in total. The predicted molar refractivity (Wildman–Crippen MR) is 110 cm³/mol. The van der Waals surface area contributed by atoms with Crippen LogP contribution >= 0.6 is 19.4 Å². The maximum Gasteiger partial charge on any atom is 0.342 e. The zero-order valence-corrected chi connectivity index (χ0v) is 16.2. The first-order valence-electron chi connectivity index (χ1n) is 8.59. The summed E-state index contributed by atoms with van der Waals surface area (Å²) < 4.78 is 25.9. The second kappa shape index (κ2) is 7.33. The molecule has 0 saturated carbocycles. The van der Waals surface area contributed by atoms with E-state index in [9.17, 15) is 23.5 Å². The summed E-state index contributed by atoms with van der Waals surface area (Å²) in [4.78, 5) is 32.6. The predicted octanol–water partition coefficient (Wildman–Crippen LogP) is 4.36. The zero-order chi connectivity index (χ0) is 19.9. The van der Waals surface area contributed by atoms with E-state index in [1.807, 2.05) is 30.3 Å². The number of hydrogen-bond acceptors (Lipinski definition) is 3. The largest absolute Gasteiger partial charge is 0.342 e. The first-order valence-corrected chi connectivity index (χ1v) is 11.2. The molecule has 3 unspecified atom stereocenters. The van der Waals surface area contributed by atoms with Gasteiger partial charge in [-0.2, -0.15) is 0 Å². The standard InChI is InChI=1S/C20H17FNO4PS/c21-14-6-8-18-16(10-14)17(11-28-18)19(27(24,25)26)20(23)22-15-7-5-12-3-1-2-4-13(12)9-15/h1-11,16,18-19H,(H,22,23)(H2,24,25,26). The van der Waals surface area contributed by atoms with Crippen LogP contribution in [0.3, 0.4) is 0 Å². The zero-order valence-electron chi connectivity index (χ0n) is 14.5. The molecule has 0 fully saturated rings. The molecule has 0 spiro atoms. The second-order valence-corrected chi connectivity index (χ2v) is 9.44. The van der Waals surface area contributed by atoms with Gasteiger partial charge < -0.3 is 15.1 Å². The third-order valence-electron chi connectivity index (χ3n) is 4.80. The summed E-state index contributed by atoms with van der Waals surface area (Å²) in [6.07, 6.45) is 4.28. The molecule has 1 aliphatic carbocycles. The highest BCUT2D eigenvalue weighted by atomic mass is 32.2. The van der Waals surface area contributed by atoms with Crippen molar-refractivity contribution in [2.24, 2.45) is 5.92 Å². The van der Waals surface area contributed by atoms with Gasteiger partial charge in [0, 0.05) is 16.9 Å². The molecule has 3 atom stereocenters. The Kier molecular flexibility index (Phi) is 5.02. The monoisotopic (exact) mass is 417 g/mol. The minimum Gasteiger partial charge on any atom is -0.325 e. The molecule has 28 heavy (non-hydrogen) atoms. The van der Waals surface area contributed by atoms with Gasteiger partial charge in [-0.3, -0.25) is 9.36 Å². The van der Waals surface area contributed by atoms with E-state index in [-0.39, 0.29) is 10.8 Å². The van der Waals surface area contributed by atoms with Gasteiger partial charge in [0.05, 0.1) is 0 Å². The summed E-state index contributed by atoms with van der Waals surface area (Å²) in [6.45, 7) is 0. The molecule has 2 aromatic carbocycles. The lowest BCUT2D eigenvalue weighted by atomic mass is 9.90. The van der Waals surface area contributed by atoms with Crippen LogP contribution in [0.4, 0.5) is 10.1 Å². The van der Waals surface area contributed by atoms with Gasteiger partial charge in [0.2, 0.25) is 5.91 Å². The van der Waals surface area contributed by atoms with Gasteiger partial charge in [0.25, 0.3) is 0 Å². The quantitative estimate of drug-likeness (QED) is 0.644. The Hall–Kier alpha value is -2.18. The molecule has 1 aliphatic heterocycles. The SMILES string of the molecule is O=C(Nc1ccc2ccccc2c1)C(C1=CSC2C=CC(F)=CC12)P(=O)(O)O. The maximum atomic E-state index is 13.7. The van der Waals surface area contributed by atoms with E-state index in [1.54, 1.807) is 23.6 Å². The number of benzene rings is 2. The van der Waals surface area contributed by atoms with Crippen LogP contribution in [0.2, 0.25) is 0 Å². The lowest BCUT2D eigenvalue weighted by Crippen LogP contribution is -2.33. The highest BCUT2D eigenvalue weighted by molar-refractivity contribution is 8.03. The van der Waals surface area contributed by atoms with E-state index in [2.05, 4.69) is 5.32 Å². The van der Waals surface area contributed by atoms with Gasteiger partial charge in [-0.15, -0.1) is 11.8 Å². The minimum atomic E-state index is -4.82. The Morgan fingerprint density at radius 1 is 1.18 bits per heavy atom. The van der Waals surface area contributed by atoms with Gasteiger partial charge in [-0.25, -0.2) is 4.39 Å². The summed E-state index contributed by atoms with van der Waals surface area (Å²) in [5.41, 5.74) is -0.992. The van der Waals surface area contributed by atoms with Gasteiger partial charge in [-0.05, 0) is 46.0 Å². The van der Waals surface area contributed by atoms with Crippen molar-refractivity contribution in [3.63, 3.8) is 0 Å². The van der Waals surface area contributed by atoms with Crippen LogP contribution in [-0.2, 0) is 9.36 Å². The fraction of sp³-hybridized carbons (Fsp3) is 0.150. The number of carbonyl (C=O) groups is 1. The van der Waals surface area contributed by atoms with Crippen LogP contribution in [0.15, 0.2) is 77.5 Å². The van der Waals surface area contributed by atoms with Gasteiger partial charge >= 0.3 is 7.60 Å². The van der Waals surface area contributed by atoms with Crippen molar-refractivity contribution in [2.45, 2.75) is 10.9 Å². The van der Waals surface area contributed by atoms with Crippen molar-refractivity contribution in [3.05, 3.63) is 77.5 Å². The molecule has 3 N–H and O–H groups in total. The first-order chi connectivity index (χ1) is 13.3. The number of fused-ring (bicyclic) bond motifs is 2. The topological polar surface area (TPSA) is 86.6 Å². The summed E-state index contributed by atoms with van der Waals surface area (Å²) in [5, 5.41) is 5.89. The maximum absolute atomic E-state index is 13.7. The van der Waals surface area contributed by atoms with Crippen molar-refractivity contribution >= 4 is 41.7 Å². The summed E-state index contributed by atoms with van der Waals surface area (Å²) in [5.74, 6) is -1.84. The van der Waals surface area contributed by atoms with Gasteiger partial charge in [0.1, 0.15) is 5.83 Å². The molecule has 2 aliphatic rings. The highest BCUT2D eigenvalue weighted by Gasteiger charge is 2.45. The van der Waals surface area contributed by atoms with Crippen LogP contribution in [0.1, 0.15) is 0 Å². The number of anilines is 1. The van der Waals surface area contributed by atoms with E-state index in [0.29, 0.717) is 5.69 Å². The molecule has 1 amide bonds. The Morgan fingerprint density at radius 2 is 1.93 bits per heavy atom. The first kappa shape index (κ1) is 19.2. The molecule has 0 radical (unpaired) electrons. The average molecular weight is 417 g/mol. The third-order valence-corrected chi connectivity index (χ3v) is 7.18. The normalized spacial score (nSPS) is 22.4. The number of amides is 1. The lowest BCUT2D eigenvalue weighted by Gasteiger charge is -2.25. The van der Waals surface area contributed by atoms with Crippen LogP contribution in [-0.4, -0.2) is 26.6 Å². The van der Waals surface area contributed by atoms with Crippen LogP contribution < -0.4 is 5.32 Å². The van der Waals surface area contributed by atoms with E-state index in [0.717, 1.165) is 10.8 Å². The summed E-state index contributed by atoms with van der Waals surface area (Å²) in [7, 11) is -4.82. The number of hydrogen-bond donors (Lipinski definition) is 3. The second-order valence-electron chi connectivity index (χ2n) is 6.70. The van der Waals surface area contributed by atoms with Crippen LogP contribution in [0.5, 0.6) is 0 Å². The number of carbonyl (C=O) groups excluding carboxylic acids is 1. The van der Waals surface area contributed by atoms with Gasteiger partial charge in [0.15, 0.2) is 5.66 Å². The number of halogens is 1. The lowest BCUT2D eigenvalue weighted by molar-refractivity contribution is -0.115. The van der Waals surface area contributed by atoms with E-state index in [1.165, 1.54) is 23.9 Å². The average Bonchev–Trinajstić information content (AvgIpc) is 3.03. The number of allylic oxidation sites excluding steroid dienone is 3. The van der Waals surface area contributed by atoms with Crippen molar-refractivity contribution in [1.29, 1.82) is 0 Å². The molecule has 4 rings (SSSR count). The molecular formula is C20H17FNO4PS. The fourth-order valence-electron chi connectivity index (χ4n) is 3.50. The number of thioether (sulfide) groups is 1. The Bertz CT molecular complexity index is 1090. The Labute approximate surface area is 165 Å². The molecule has 2 aromatic rings. The summed E-state index contributed by atoms with van der Waals surface area (Å²) in [6, 6.07) is 12.8. The van der Waals surface area contributed by atoms with Crippen molar-refractivity contribution in [2.75, 3.05) is 5.32 Å². The molecule has 0 bridgehead atoms.